The third kappa shape index (κ3) is 3.47. The first kappa shape index (κ1) is 16.2. The summed E-state index contributed by atoms with van der Waals surface area (Å²) >= 11 is 0. The summed E-state index contributed by atoms with van der Waals surface area (Å²) in [5, 5.41) is 29.7. The average Bonchev–Trinajstić information content (AvgIpc) is 3.07. The number of H-pyrrole nitrogens is 1. The first-order valence-corrected chi connectivity index (χ1v) is 7.35. The highest BCUT2D eigenvalue weighted by molar-refractivity contribution is 6.04. The SMILES string of the molecule is Cc1ccc(-c2cc(C(=O)Nc3cc([N+](=O)[O-])ccc3O)[nH]n2)cc1. The normalized spacial score (nSPS) is 10.4. The smallest absolute Gasteiger partial charge is 0.273 e. The Morgan fingerprint density at radius 3 is 2.60 bits per heavy atom. The molecule has 3 N–H and O–H groups in total. The molecule has 1 aromatic heterocycles. The molecule has 3 rings (SSSR count). The number of benzene rings is 2. The van der Waals surface area contributed by atoms with E-state index in [-0.39, 0.29) is 22.8 Å². The summed E-state index contributed by atoms with van der Waals surface area (Å²) in [5.74, 6) is -0.834. The molecule has 0 unspecified atom stereocenters. The van der Waals surface area contributed by atoms with E-state index in [9.17, 15) is 20.0 Å². The third-order valence-electron chi connectivity index (χ3n) is 3.61. The third-order valence-corrected chi connectivity index (χ3v) is 3.61. The van der Waals surface area contributed by atoms with Crippen molar-refractivity contribution in [3.05, 3.63) is 69.9 Å². The van der Waals surface area contributed by atoms with E-state index in [1.165, 1.54) is 0 Å². The number of aryl methyl sites for hydroxylation is 1. The van der Waals surface area contributed by atoms with Crippen molar-refractivity contribution in [3.63, 3.8) is 0 Å². The van der Waals surface area contributed by atoms with Gasteiger partial charge in [-0.2, -0.15) is 5.10 Å². The summed E-state index contributed by atoms with van der Waals surface area (Å²) in [6.07, 6.45) is 0. The van der Waals surface area contributed by atoms with Crippen molar-refractivity contribution in [3.8, 4) is 17.0 Å². The summed E-state index contributed by atoms with van der Waals surface area (Å²) in [4.78, 5) is 22.5. The van der Waals surface area contributed by atoms with E-state index >= 15 is 0 Å². The Morgan fingerprint density at radius 2 is 1.92 bits per heavy atom. The van der Waals surface area contributed by atoms with Gasteiger partial charge in [-0.1, -0.05) is 29.8 Å². The fourth-order valence-corrected chi connectivity index (χ4v) is 2.24. The van der Waals surface area contributed by atoms with Gasteiger partial charge >= 0.3 is 0 Å². The Hall–Kier alpha value is -3.68. The van der Waals surface area contributed by atoms with Crippen molar-refractivity contribution in [2.75, 3.05) is 5.32 Å². The number of amides is 1. The number of hydrogen-bond acceptors (Lipinski definition) is 5. The number of carbonyl (C=O) groups excluding carboxylic acids is 1. The Labute approximate surface area is 142 Å². The molecule has 0 aliphatic carbocycles. The lowest BCUT2D eigenvalue weighted by atomic mass is 10.1. The summed E-state index contributed by atoms with van der Waals surface area (Å²) in [6, 6.07) is 12.6. The van der Waals surface area contributed by atoms with Gasteiger partial charge in [-0.15, -0.1) is 0 Å². The predicted molar refractivity (Wildman–Crippen MR) is 91.5 cm³/mol. The summed E-state index contributed by atoms with van der Waals surface area (Å²) in [6.45, 7) is 1.97. The van der Waals surface area contributed by atoms with Crippen molar-refractivity contribution in [1.82, 2.24) is 10.2 Å². The molecule has 0 fully saturated rings. The molecule has 3 aromatic rings. The van der Waals surface area contributed by atoms with E-state index in [1.54, 1.807) is 6.07 Å². The Bertz CT molecular complexity index is 948. The van der Waals surface area contributed by atoms with Crippen LogP contribution in [0.15, 0.2) is 48.5 Å². The molecule has 0 aliphatic heterocycles. The zero-order chi connectivity index (χ0) is 18.0. The molecule has 2 aromatic carbocycles. The van der Waals surface area contributed by atoms with Gasteiger partial charge in [0.2, 0.25) is 0 Å². The van der Waals surface area contributed by atoms with Gasteiger partial charge < -0.3 is 10.4 Å². The van der Waals surface area contributed by atoms with Crippen LogP contribution in [-0.2, 0) is 0 Å². The minimum atomic E-state index is -0.610. The number of carbonyl (C=O) groups is 1. The van der Waals surface area contributed by atoms with Crippen molar-refractivity contribution in [2.45, 2.75) is 6.92 Å². The zero-order valence-electron chi connectivity index (χ0n) is 13.2. The second-order valence-corrected chi connectivity index (χ2v) is 5.45. The van der Waals surface area contributed by atoms with Crippen LogP contribution in [0.25, 0.3) is 11.3 Å². The van der Waals surface area contributed by atoms with Gasteiger partial charge in [0.05, 0.1) is 16.3 Å². The van der Waals surface area contributed by atoms with Gasteiger partial charge in [0, 0.05) is 17.7 Å². The van der Waals surface area contributed by atoms with E-state index in [1.807, 2.05) is 31.2 Å². The molecular weight excluding hydrogens is 324 g/mol. The summed E-state index contributed by atoms with van der Waals surface area (Å²) in [5.41, 5.74) is 2.43. The quantitative estimate of drug-likeness (QED) is 0.383. The highest BCUT2D eigenvalue weighted by Crippen LogP contribution is 2.28. The molecule has 1 amide bonds. The lowest BCUT2D eigenvalue weighted by Gasteiger charge is -2.05. The number of phenolic OH excluding ortho intramolecular Hbond substituents is 1. The topological polar surface area (TPSA) is 121 Å². The number of anilines is 1. The van der Waals surface area contributed by atoms with Crippen molar-refractivity contribution in [2.24, 2.45) is 0 Å². The lowest BCUT2D eigenvalue weighted by Crippen LogP contribution is -2.12. The molecular formula is C17H14N4O4. The van der Waals surface area contributed by atoms with E-state index in [0.29, 0.717) is 5.69 Å². The predicted octanol–water partition coefficient (Wildman–Crippen LogP) is 3.25. The highest BCUT2D eigenvalue weighted by Gasteiger charge is 2.16. The monoisotopic (exact) mass is 338 g/mol. The number of nitrogens with one attached hydrogen (secondary N) is 2. The number of nitro groups is 1. The molecule has 0 radical (unpaired) electrons. The minimum Gasteiger partial charge on any atom is -0.506 e. The van der Waals surface area contributed by atoms with Gasteiger partial charge in [-0.05, 0) is 19.1 Å². The molecule has 8 nitrogen and oxygen atoms in total. The minimum absolute atomic E-state index is 0.0503. The van der Waals surface area contributed by atoms with Crippen LogP contribution in [0.3, 0.4) is 0 Å². The molecule has 0 saturated carbocycles. The van der Waals surface area contributed by atoms with Crippen LogP contribution in [0, 0.1) is 17.0 Å². The van der Waals surface area contributed by atoms with E-state index in [2.05, 4.69) is 15.5 Å². The first-order chi connectivity index (χ1) is 11.9. The molecule has 25 heavy (non-hydrogen) atoms. The van der Waals surface area contributed by atoms with Crippen molar-refractivity contribution in [1.29, 1.82) is 0 Å². The van der Waals surface area contributed by atoms with Crippen molar-refractivity contribution >= 4 is 17.3 Å². The van der Waals surface area contributed by atoms with Gasteiger partial charge in [0.1, 0.15) is 11.4 Å². The second-order valence-electron chi connectivity index (χ2n) is 5.45. The first-order valence-electron chi connectivity index (χ1n) is 7.35. The van der Waals surface area contributed by atoms with Gasteiger partial charge in [0.15, 0.2) is 0 Å². The standard InChI is InChI=1S/C17H14N4O4/c1-10-2-4-11(5-3-10)13-9-15(20-19-13)17(23)18-14-8-12(21(24)25)6-7-16(14)22/h2-9,22H,1H3,(H,18,23)(H,19,20). The average molecular weight is 338 g/mol. The number of rotatable bonds is 4. The fourth-order valence-electron chi connectivity index (χ4n) is 2.24. The largest absolute Gasteiger partial charge is 0.506 e. The Balaban J connectivity index is 1.82. The van der Waals surface area contributed by atoms with Crippen LogP contribution >= 0.6 is 0 Å². The molecule has 1 heterocycles. The number of nitro benzene ring substituents is 1. The van der Waals surface area contributed by atoms with Gasteiger partial charge in [0.25, 0.3) is 11.6 Å². The molecule has 0 aliphatic rings. The Kier molecular flexibility index (Phi) is 4.17. The maximum atomic E-state index is 12.3. The second kappa shape index (κ2) is 6.44. The number of hydrogen-bond donors (Lipinski definition) is 3. The maximum absolute atomic E-state index is 12.3. The molecule has 0 bridgehead atoms. The summed E-state index contributed by atoms with van der Waals surface area (Å²) < 4.78 is 0. The van der Waals surface area contributed by atoms with Crippen LogP contribution < -0.4 is 5.32 Å². The van der Waals surface area contributed by atoms with E-state index in [0.717, 1.165) is 29.3 Å². The van der Waals surface area contributed by atoms with E-state index < -0.39 is 10.8 Å². The Morgan fingerprint density at radius 1 is 1.20 bits per heavy atom. The van der Waals surface area contributed by atoms with Crippen LogP contribution in [0.2, 0.25) is 0 Å². The summed E-state index contributed by atoms with van der Waals surface area (Å²) in [7, 11) is 0. The number of nitrogens with zero attached hydrogens (tertiary/aromatic N) is 2. The molecule has 0 saturated heterocycles. The zero-order valence-corrected chi connectivity index (χ0v) is 13.2. The molecule has 126 valence electrons. The van der Waals surface area contributed by atoms with Gasteiger partial charge in [-0.3, -0.25) is 20.0 Å². The molecule has 8 heteroatoms. The molecule has 0 atom stereocenters. The number of aromatic hydroxyl groups is 1. The van der Waals surface area contributed by atoms with Gasteiger partial charge in [-0.25, -0.2) is 0 Å². The molecule has 0 spiro atoms. The fraction of sp³-hybridized carbons (Fsp3) is 0.0588. The van der Waals surface area contributed by atoms with Crippen LogP contribution in [-0.4, -0.2) is 26.1 Å². The van der Waals surface area contributed by atoms with Crippen LogP contribution in [0.4, 0.5) is 11.4 Å². The maximum Gasteiger partial charge on any atom is 0.273 e. The number of aromatic nitrogens is 2. The lowest BCUT2D eigenvalue weighted by molar-refractivity contribution is -0.384. The number of aromatic amines is 1. The van der Waals surface area contributed by atoms with E-state index in [4.69, 9.17) is 0 Å². The number of phenols is 1. The number of non-ortho nitro benzene ring substituents is 1. The van der Waals surface area contributed by atoms with Crippen LogP contribution in [0.5, 0.6) is 5.75 Å². The highest BCUT2D eigenvalue weighted by atomic mass is 16.6. The van der Waals surface area contributed by atoms with Crippen molar-refractivity contribution < 1.29 is 14.8 Å². The van der Waals surface area contributed by atoms with Crippen LogP contribution in [0.1, 0.15) is 16.1 Å².